The molecule has 1 aromatic rings. The number of hydrogen-bond donors (Lipinski definition) is 2. The van der Waals surface area contributed by atoms with Gasteiger partial charge >= 0.3 is 0 Å². The molecule has 1 amide bonds. The van der Waals surface area contributed by atoms with Crippen LogP contribution < -0.4 is 20.1 Å². The lowest BCUT2D eigenvalue weighted by molar-refractivity contribution is -0.122. The summed E-state index contributed by atoms with van der Waals surface area (Å²) in [5.41, 5.74) is 1.19. The lowest BCUT2D eigenvalue weighted by Crippen LogP contribution is -2.44. The van der Waals surface area contributed by atoms with Crippen LogP contribution >= 0.6 is 0 Å². The normalized spacial score (nSPS) is 25.4. The van der Waals surface area contributed by atoms with Gasteiger partial charge in [-0.1, -0.05) is 6.07 Å². The van der Waals surface area contributed by atoms with Crippen molar-refractivity contribution in [1.29, 1.82) is 0 Å². The molecule has 2 unspecified atom stereocenters. The van der Waals surface area contributed by atoms with E-state index in [0.29, 0.717) is 19.1 Å². The highest BCUT2D eigenvalue weighted by Crippen LogP contribution is 2.49. The summed E-state index contributed by atoms with van der Waals surface area (Å²) in [6, 6.07) is 6.07. The summed E-state index contributed by atoms with van der Waals surface area (Å²) in [4.78, 5) is 14.8. The molecule has 25 heavy (non-hydrogen) atoms. The maximum atomic E-state index is 12.3. The quantitative estimate of drug-likeness (QED) is 0.753. The van der Waals surface area contributed by atoms with E-state index in [2.05, 4.69) is 21.6 Å². The Kier molecular flexibility index (Phi) is 5.08. The van der Waals surface area contributed by atoms with Gasteiger partial charge in [-0.3, -0.25) is 4.79 Å². The van der Waals surface area contributed by atoms with Gasteiger partial charge in [-0.05, 0) is 43.0 Å². The molecule has 2 atom stereocenters. The van der Waals surface area contributed by atoms with E-state index >= 15 is 0 Å². The van der Waals surface area contributed by atoms with Crippen LogP contribution in [0.25, 0.3) is 0 Å². The summed E-state index contributed by atoms with van der Waals surface area (Å²) < 4.78 is 11.2. The second kappa shape index (κ2) is 7.62. The molecular weight excluding hydrogens is 318 g/mol. The Bertz CT molecular complexity index is 616. The fourth-order valence-electron chi connectivity index (χ4n) is 3.72. The summed E-state index contributed by atoms with van der Waals surface area (Å²) in [5.74, 6) is 2.25. The van der Waals surface area contributed by atoms with Gasteiger partial charge in [0.25, 0.3) is 0 Å². The minimum atomic E-state index is 0.113. The molecule has 3 aliphatic rings. The van der Waals surface area contributed by atoms with Crippen molar-refractivity contribution in [3.63, 3.8) is 0 Å². The lowest BCUT2D eigenvalue weighted by atomic mass is 10.1. The Morgan fingerprint density at radius 1 is 1.20 bits per heavy atom. The summed E-state index contributed by atoms with van der Waals surface area (Å²) in [5, 5.41) is 6.47. The summed E-state index contributed by atoms with van der Waals surface area (Å²) >= 11 is 0. The smallest absolute Gasteiger partial charge is 0.223 e. The Hall–Kier alpha value is -1.79. The molecule has 1 saturated heterocycles. The fourth-order valence-corrected chi connectivity index (χ4v) is 3.72. The van der Waals surface area contributed by atoms with E-state index in [1.54, 1.807) is 0 Å². The topological polar surface area (TPSA) is 62.8 Å². The number of carbonyl (C=O) groups excluding carboxylic acids is 1. The zero-order valence-electron chi connectivity index (χ0n) is 14.6. The van der Waals surface area contributed by atoms with Crippen LogP contribution in [0.4, 0.5) is 0 Å². The summed E-state index contributed by atoms with van der Waals surface area (Å²) in [6.45, 7) is 7.42. The molecule has 2 N–H and O–H groups in total. The maximum Gasteiger partial charge on any atom is 0.223 e. The highest BCUT2D eigenvalue weighted by molar-refractivity contribution is 5.82. The number of fused-ring (bicyclic) bond motifs is 1. The summed E-state index contributed by atoms with van der Waals surface area (Å²) in [7, 11) is 0. The van der Waals surface area contributed by atoms with Crippen LogP contribution in [-0.4, -0.2) is 63.3 Å². The largest absolute Gasteiger partial charge is 0.486 e. The number of piperazine rings is 1. The SMILES string of the molecule is O=C(NCCCN1CCNCC1)C1CC1c1ccc2c(c1)OCCO2. The van der Waals surface area contributed by atoms with Gasteiger partial charge in [-0.25, -0.2) is 0 Å². The van der Waals surface area contributed by atoms with Crippen LogP contribution in [0.5, 0.6) is 11.5 Å². The Labute approximate surface area is 148 Å². The minimum Gasteiger partial charge on any atom is -0.486 e. The lowest BCUT2D eigenvalue weighted by Gasteiger charge is -2.27. The third-order valence-electron chi connectivity index (χ3n) is 5.28. The van der Waals surface area contributed by atoms with E-state index in [1.165, 1.54) is 5.56 Å². The van der Waals surface area contributed by atoms with E-state index in [9.17, 15) is 4.79 Å². The molecule has 0 aromatic heterocycles. The second-order valence-corrected chi connectivity index (χ2v) is 7.09. The van der Waals surface area contributed by atoms with Crippen LogP contribution in [0.2, 0.25) is 0 Å². The van der Waals surface area contributed by atoms with Crippen molar-refractivity contribution >= 4 is 5.91 Å². The number of nitrogens with zero attached hydrogens (tertiary/aromatic N) is 1. The maximum absolute atomic E-state index is 12.3. The summed E-state index contributed by atoms with van der Waals surface area (Å²) in [6.07, 6.45) is 1.95. The van der Waals surface area contributed by atoms with E-state index in [-0.39, 0.29) is 11.8 Å². The third-order valence-corrected chi connectivity index (χ3v) is 5.28. The van der Waals surface area contributed by atoms with Crippen molar-refractivity contribution < 1.29 is 14.3 Å². The van der Waals surface area contributed by atoms with E-state index in [4.69, 9.17) is 9.47 Å². The molecule has 6 heteroatoms. The van der Waals surface area contributed by atoms with Crippen molar-refractivity contribution in [2.75, 3.05) is 52.5 Å². The predicted molar refractivity (Wildman–Crippen MR) is 95.2 cm³/mol. The molecule has 2 aliphatic heterocycles. The predicted octanol–water partition coefficient (Wildman–Crippen LogP) is 0.973. The number of carbonyl (C=O) groups is 1. The van der Waals surface area contributed by atoms with E-state index in [0.717, 1.165) is 63.6 Å². The van der Waals surface area contributed by atoms with Crippen LogP contribution in [0.15, 0.2) is 18.2 Å². The van der Waals surface area contributed by atoms with Crippen molar-refractivity contribution in [3.05, 3.63) is 23.8 Å². The molecule has 1 aromatic carbocycles. The molecule has 2 heterocycles. The van der Waals surface area contributed by atoms with Gasteiger partial charge in [0.05, 0.1) is 0 Å². The minimum absolute atomic E-state index is 0.113. The van der Waals surface area contributed by atoms with Crippen molar-refractivity contribution in [1.82, 2.24) is 15.5 Å². The average Bonchev–Trinajstić information content (AvgIpc) is 3.46. The number of benzene rings is 1. The van der Waals surface area contributed by atoms with Gasteiger partial charge in [0.2, 0.25) is 5.91 Å². The Morgan fingerprint density at radius 3 is 2.84 bits per heavy atom. The molecule has 136 valence electrons. The van der Waals surface area contributed by atoms with Gasteiger partial charge in [-0.15, -0.1) is 0 Å². The van der Waals surface area contributed by atoms with Gasteiger partial charge in [-0.2, -0.15) is 0 Å². The second-order valence-electron chi connectivity index (χ2n) is 7.09. The van der Waals surface area contributed by atoms with E-state index < -0.39 is 0 Å². The molecular formula is C19H27N3O3. The zero-order valence-corrected chi connectivity index (χ0v) is 14.6. The van der Waals surface area contributed by atoms with Crippen molar-refractivity contribution in [2.24, 2.45) is 5.92 Å². The molecule has 0 spiro atoms. The van der Waals surface area contributed by atoms with E-state index in [1.807, 2.05) is 12.1 Å². The van der Waals surface area contributed by atoms with Gasteiger partial charge in [0.1, 0.15) is 13.2 Å². The number of rotatable bonds is 6. The standard InChI is InChI=1S/C19H27N3O3/c23-19(21-4-1-7-22-8-5-20-6-9-22)16-13-15(16)14-2-3-17-18(12-14)25-11-10-24-17/h2-3,12,15-16,20H,1,4-11,13H2,(H,21,23). The first-order valence-corrected chi connectivity index (χ1v) is 9.41. The number of amides is 1. The van der Waals surface area contributed by atoms with Crippen molar-refractivity contribution in [2.45, 2.75) is 18.8 Å². The first kappa shape index (κ1) is 16.7. The van der Waals surface area contributed by atoms with Crippen LogP contribution in [-0.2, 0) is 4.79 Å². The van der Waals surface area contributed by atoms with Gasteiger partial charge in [0, 0.05) is 38.6 Å². The highest BCUT2D eigenvalue weighted by Gasteiger charge is 2.44. The van der Waals surface area contributed by atoms with Crippen LogP contribution in [0, 0.1) is 5.92 Å². The number of nitrogens with one attached hydrogen (secondary N) is 2. The van der Waals surface area contributed by atoms with Crippen LogP contribution in [0.1, 0.15) is 24.3 Å². The average molecular weight is 345 g/mol. The van der Waals surface area contributed by atoms with Crippen molar-refractivity contribution in [3.8, 4) is 11.5 Å². The van der Waals surface area contributed by atoms with Crippen LogP contribution in [0.3, 0.4) is 0 Å². The number of hydrogen-bond acceptors (Lipinski definition) is 5. The first-order valence-electron chi connectivity index (χ1n) is 9.41. The zero-order chi connectivity index (χ0) is 17.1. The molecule has 1 aliphatic carbocycles. The van der Waals surface area contributed by atoms with Gasteiger partial charge in [0.15, 0.2) is 11.5 Å². The first-order chi connectivity index (χ1) is 12.3. The Balaban J connectivity index is 1.20. The third kappa shape index (κ3) is 4.07. The number of ether oxygens (including phenoxy) is 2. The molecule has 0 radical (unpaired) electrons. The highest BCUT2D eigenvalue weighted by atomic mass is 16.6. The molecule has 1 saturated carbocycles. The molecule has 2 fully saturated rings. The van der Waals surface area contributed by atoms with Gasteiger partial charge < -0.3 is 25.0 Å². The molecule has 0 bridgehead atoms. The Morgan fingerprint density at radius 2 is 2.00 bits per heavy atom. The molecule has 4 rings (SSSR count). The fraction of sp³-hybridized carbons (Fsp3) is 0.632. The molecule has 6 nitrogen and oxygen atoms in total. The monoisotopic (exact) mass is 345 g/mol.